The zero-order valence-corrected chi connectivity index (χ0v) is 12.3. The van der Waals surface area contributed by atoms with E-state index in [0.717, 1.165) is 24.9 Å². The van der Waals surface area contributed by atoms with Gasteiger partial charge in [-0.25, -0.2) is 13.4 Å². The number of anilines is 2. The molecule has 0 radical (unpaired) electrons. The van der Waals surface area contributed by atoms with Gasteiger partial charge in [0.1, 0.15) is 5.82 Å². The van der Waals surface area contributed by atoms with Crippen LogP contribution in [0.15, 0.2) is 12.3 Å². The Labute approximate surface area is 119 Å². The first kappa shape index (κ1) is 13.6. The third-order valence-corrected chi connectivity index (χ3v) is 5.63. The Bertz CT molecular complexity index is 569. The summed E-state index contributed by atoms with van der Waals surface area (Å²) in [6, 6.07) is 1.78. The van der Waals surface area contributed by atoms with Crippen molar-refractivity contribution in [1.29, 1.82) is 0 Å². The molecule has 1 aromatic rings. The lowest BCUT2D eigenvalue weighted by Gasteiger charge is -2.26. The lowest BCUT2D eigenvalue weighted by molar-refractivity contribution is 0.568. The van der Waals surface area contributed by atoms with E-state index in [9.17, 15) is 8.42 Å². The molecule has 2 aliphatic rings. The van der Waals surface area contributed by atoms with E-state index in [1.165, 1.54) is 19.3 Å². The topological polar surface area (TPSA) is 75.2 Å². The summed E-state index contributed by atoms with van der Waals surface area (Å²) in [6.45, 7) is 2.00. The molecule has 0 aliphatic carbocycles. The summed E-state index contributed by atoms with van der Waals surface area (Å²) in [5.74, 6) is 1.95. The second-order valence-corrected chi connectivity index (χ2v) is 7.76. The van der Waals surface area contributed by atoms with E-state index in [1.807, 2.05) is 0 Å². The molecule has 6 nitrogen and oxygen atoms in total. The van der Waals surface area contributed by atoms with Gasteiger partial charge in [-0.3, -0.25) is 0 Å². The van der Waals surface area contributed by atoms with Crippen LogP contribution in [0.4, 0.5) is 11.8 Å². The average molecular weight is 296 g/mol. The van der Waals surface area contributed by atoms with Gasteiger partial charge in [0.15, 0.2) is 9.84 Å². The minimum absolute atomic E-state index is 0.0240. The first-order chi connectivity index (χ1) is 9.62. The van der Waals surface area contributed by atoms with Crippen LogP contribution in [-0.4, -0.2) is 49.0 Å². The first-order valence-corrected chi connectivity index (χ1v) is 8.99. The number of sulfone groups is 1. The number of rotatable bonds is 3. The molecular formula is C13H20N4O2S. The Hall–Kier alpha value is -1.37. The van der Waals surface area contributed by atoms with Crippen LogP contribution in [0.25, 0.3) is 0 Å². The molecule has 3 rings (SSSR count). The molecule has 0 spiro atoms. The average Bonchev–Trinajstić information content (AvgIpc) is 2.79. The largest absolute Gasteiger partial charge is 0.366 e. The van der Waals surface area contributed by atoms with E-state index in [2.05, 4.69) is 20.2 Å². The molecule has 1 unspecified atom stereocenters. The Kier molecular flexibility index (Phi) is 3.78. The van der Waals surface area contributed by atoms with Gasteiger partial charge in [-0.2, -0.15) is 4.98 Å². The van der Waals surface area contributed by atoms with Crippen LogP contribution in [0.3, 0.4) is 0 Å². The number of nitrogens with one attached hydrogen (secondary N) is 1. The summed E-state index contributed by atoms with van der Waals surface area (Å²) in [7, 11) is -2.86. The summed E-state index contributed by atoms with van der Waals surface area (Å²) >= 11 is 0. The molecule has 7 heteroatoms. The maximum Gasteiger partial charge on any atom is 0.227 e. The van der Waals surface area contributed by atoms with Crippen LogP contribution in [0, 0.1) is 0 Å². The van der Waals surface area contributed by atoms with Crippen molar-refractivity contribution in [2.45, 2.75) is 31.7 Å². The molecular weight excluding hydrogens is 276 g/mol. The molecule has 3 heterocycles. The number of hydrogen-bond donors (Lipinski definition) is 1. The number of aromatic nitrogens is 2. The van der Waals surface area contributed by atoms with Gasteiger partial charge in [0.05, 0.1) is 11.5 Å². The second kappa shape index (κ2) is 5.55. The van der Waals surface area contributed by atoms with Crippen LogP contribution >= 0.6 is 0 Å². The Morgan fingerprint density at radius 1 is 1.25 bits per heavy atom. The summed E-state index contributed by atoms with van der Waals surface area (Å²) in [6.07, 6.45) is 6.03. The Morgan fingerprint density at radius 3 is 2.75 bits per heavy atom. The molecule has 110 valence electrons. The lowest BCUT2D eigenvalue weighted by atomic mass is 10.1. The smallest absolute Gasteiger partial charge is 0.227 e. The number of nitrogens with zero attached hydrogens (tertiary/aromatic N) is 3. The van der Waals surface area contributed by atoms with Gasteiger partial charge in [-0.1, -0.05) is 0 Å². The summed E-state index contributed by atoms with van der Waals surface area (Å²) < 4.78 is 22.9. The lowest BCUT2D eigenvalue weighted by Crippen LogP contribution is -2.31. The van der Waals surface area contributed by atoms with E-state index in [-0.39, 0.29) is 17.5 Å². The van der Waals surface area contributed by atoms with Crippen molar-refractivity contribution >= 4 is 21.6 Å². The van der Waals surface area contributed by atoms with Crippen LogP contribution < -0.4 is 10.2 Å². The highest BCUT2D eigenvalue weighted by atomic mass is 32.2. The van der Waals surface area contributed by atoms with Crippen LogP contribution in [0.1, 0.15) is 25.7 Å². The van der Waals surface area contributed by atoms with Gasteiger partial charge in [0.25, 0.3) is 0 Å². The Balaban J connectivity index is 1.68. The number of hydrogen-bond acceptors (Lipinski definition) is 6. The van der Waals surface area contributed by atoms with E-state index < -0.39 is 9.84 Å². The van der Waals surface area contributed by atoms with Gasteiger partial charge in [-0.15, -0.1) is 0 Å². The van der Waals surface area contributed by atoms with E-state index in [1.54, 1.807) is 12.3 Å². The van der Waals surface area contributed by atoms with Gasteiger partial charge in [-0.05, 0) is 31.7 Å². The van der Waals surface area contributed by atoms with Crippen molar-refractivity contribution < 1.29 is 8.42 Å². The minimum atomic E-state index is -2.86. The van der Waals surface area contributed by atoms with E-state index >= 15 is 0 Å². The minimum Gasteiger partial charge on any atom is -0.366 e. The fourth-order valence-electron chi connectivity index (χ4n) is 2.79. The molecule has 0 saturated carbocycles. The van der Waals surface area contributed by atoms with E-state index in [4.69, 9.17) is 0 Å². The molecule has 0 bridgehead atoms. The van der Waals surface area contributed by atoms with Crippen molar-refractivity contribution in [3.8, 4) is 0 Å². The SMILES string of the molecule is O=S1(=O)CCC(Nc2ccnc(N3CCCCC3)n2)C1. The predicted molar refractivity (Wildman–Crippen MR) is 78.8 cm³/mol. The van der Waals surface area contributed by atoms with Crippen LogP contribution in [-0.2, 0) is 9.84 Å². The normalized spacial score (nSPS) is 25.6. The molecule has 2 aliphatic heterocycles. The summed E-state index contributed by atoms with van der Waals surface area (Å²) in [5, 5.41) is 3.22. The van der Waals surface area contributed by atoms with Crippen molar-refractivity contribution in [3.05, 3.63) is 12.3 Å². The molecule has 2 fully saturated rings. The molecule has 1 aromatic heterocycles. The molecule has 2 saturated heterocycles. The van der Waals surface area contributed by atoms with Crippen molar-refractivity contribution in [2.75, 3.05) is 34.8 Å². The van der Waals surface area contributed by atoms with E-state index in [0.29, 0.717) is 6.42 Å². The maximum atomic E-state index is 11.5. The van der Waals surface area contributed by atoms with Crippen LogP contribution in [0.5, 0.6) is 0 Å². The fourth-order valence-corrected chi connectivity index (χ4v) is 4.47. The Morgan fingerprint density at radius 2 is 2.05 bits per heavy atom. The molecule has 1 atom stereocenters. The predicted octanol–water partition coefficient (Wildman–Crippen LogP) is 1.07. The summed E-state index contributed by atoms with van der Waals surface area (Å²) in [5.41, 5.74) is 0. The van der Waals surface area contributed by atoms with Crippen LogP contribution in [0.2, 0.25) is 0 Å². The molecule has 1 N–H and O–H groups in total. The highest BCUT2D eigenvalue weighted by Crippen LogP contribution is 2.19. The molecule has 0 amide bonds. The quantitative estimate of drug-likeness (QED) is 0.899. The zero-order chi connectivity index (χ0) is 14.0. The zero-order valence-electron chi connectivity index (χ0n) is 11.5. The summed E-state index contributed by atoms with van der Waals surface area (Å²) in [4.78, 5) is 11.0. The van der Waals surface area contributed by atoms with Gasteiger partial charge in [0, 0.05) is 25.3 Å². The molecule has 20 heavy (non-hydrogen) atoms. The van der Waals surface area contributed by atoms with Gasteiger partial charge >= 0.3 is 0 Å². The number of piperidine rings is 1. The second-order valence-electron chi connectivity index (χ2n) is 5.53. The first-order valence-electron chi connectivity index (χ1n) is 7.17. The highest BCUT2D eigenvalue weighted by Gasteiger charge is 2.28. The van der Waals surface area contributed by atoms with Gasteiger partial charge < -0.3 is 10.2 Å². The standard InChI is InChI=1S/C13H20N4O2S/c18-20(19)9-5-11(10-20)15-12-4-6-14-13(16-12)17-7-2-1-3-8-17/h4,6,11H,1-3,5,7-10H2,(H,14,15,16). The third kappa shape index (κ3) is 3.20. The fraction of sp³-hybridized carbons (Fsp3) is 0.692. The van der Waals surface area contributed by atoms with Gasteiger partial charge in [0.2, 0.25) is 5.95 Å². The van der Waals surface area contributed by atoms with Crippen molar-refractivity contribution in [1.82, 2.24) is 9.97 Å². The van der Waals surface area contributed by atoms with Crippen molar-refractivity contribution in [2.24, 2.45) is 0 Å². The maximum absolute atomic E-state index is 11.5. The van der Waals surface area contributed by atoms with Crippen molar-refractivity contribution in [3.63, 3.8) is 0 Å². The third-order valence-electron chi connectivity index (χ3n) is 3.87. The monoisotopic (exact) mass is 296 g/mol. The highest BCUT2D eigenvalue weighted by molar-refractivity contribution is 7.91. The molecule has 0 aromatic carbocycles.